The lowest BCUT2D eigenvalue weighted by atomic mass is 10.1. The quantitative estimate of drug-likeness (QED) is 0.744. The summed E-state index contributed by atoms with van der Waals surface area (Å²) in [5, 5.41) is 1.31. The third kappa shape index (κ3) is 1.77. The number of allylic oxidation sites excluding steroid dienone is 1. The number of rotatable bonds is 1. The van der Waals surface area contributed by atoms with Crippen LogP contribution >= 0.6 is 0 Å². The fourth-order valence-electron chi connectivity index (χ4n) is 1.43. The van der Waals surface area contributed by atoms with Gasteiger partial charge in [0.05, 0.1) is 11.4 Å². The number of nitrogens with two attached hydrogens (primary N) is 1. The molecule has 2 N–H and O–H groups in total. The Morgan fingerprint density at radius 3 is 2.71 bits per heavy atom. The molecule has 1 aliphatic rings. The van der Waals surface area contributed by atoms with Gasteiger partial charge in [0.2, 0.25) is 0 Å². The minimum absolute atomic E-state index is 0.192. The fourth-order valence-corrected chi connectivity index (χ4v) is 2.74. The van der Waals surface area contributed by atoms with E-state index in [2.05, 4.69) is 4.98 Å². The largest absolute Gasteiger partial charge is 0.397 e. The number of nitrogens with zero attached hydrogens (tertiary/aromatic N) is 1. The molecule has 0 atom stereocenters. The molecular formula is C9H10N2O2S. The summed E-state index contributed by atoms with van der Waals surface area (Å²) < 4.78 is 22.3. The van der Waals surface area contributed by atoms with Gasteiger partial charge in [-0.1, -0.05) is 0 Å². The molecule has 0 fully saturated rings. The second-order valence-electron chi connectivity index (χ2n) is 3.27. The molecule has 4 nitrogen and oxygen atoms in total. The molecule has 14 heavy (non-hydrogen) atoms. The van der Waals surface area contributed by atoms with Crippen LogP contribution in [0, 0.1) is 0 Å². The molecule has 0 saturated carbocycles. The van der Waals surface area contributed by atoms with Gasteiger partial charge in [0.15, 0.2) is 9.84 Å². The number of hydrogen-bond acceptors (Lipinski definition) is 4. The Kier molecular flexibility index (Phi) is 2.03. The van der Waals surface area contributed by atoms with Gasteiger partial charge in [-0.3, -0.25) is 4.98 Å². The van der Waals surface area contributed by atoms with Crippen molar-refractivity contribution in [3.8, 4) is 0 Å². The molecule has 2 heterocycles. The zero-order valence-electron chi connectivity index (χ0n) is 7.47. The summed E-state index contributed by atoms with van der Waals surface area (Å²) in [5.74, 6) is 0.192. The van der Waals surface area contributed by atoms with Gasteiger partial charge < -0.3 is 5.73 Å². The van der Waals surface area contributed by atoms with Gasteiger partial charge in [-0.15, -0.1) is 0 Å². The maximum absolute atomic E-state index is 11.2. The lowest BCUT2D eigenvalue weighted by Crippen LogP contribution is -1.93. The molecular weight excluding hydrogens is 200 g/mol. The van der Waals surface area contributed by atoms with Gasteiger partial charge in [-0.2, -0.15) is 0 Å². The third-order valence-corrected chi connectivity index (χ3v) is 3.52. The van der Waals surface area contributed by atoms with E-state index in [1.807, 2.05) is 0 Å². The Morgan fingerprint density at radius 1 is 1.36 bits per heavy atom. The first-order chi connectivity index (χ1) is 6.57. The van der Waals surface area contributed by atoms with E-state index in [1.165, 1.54) is 11.6 Å². The molecule has 5 heteroatoms. The van der Waals surface area contributed by atoms with Crippen molar-refractivity contribution in [3.05, 3.63) is 29.4 Å². The van der Waals surface area contributed by atoms with Crippen molar-refractivity contribution >= 4 is 21.1 Å². The van der Waals surface area contributed by atoms with Gasteiger partial charge >= 0.3 is 0 Å². The second kappa shape index (κ2) is 3.09. The molecule has 2 rings (SSSR count). The predicted molar refractivity (Wildman–Crippen MR) is 55.0 cm³/mol. The SMILES string of the molecule is Nc1cncc(C2=CS(=O)(=O)CC2)c1. The Bertz CT molecular complexity index is 491. The van der Waals surface area contributed by atoms with Crippen LogP contribution in [0.1, 0.15) is 12.0 Å². The van der Waals surface area contributed by atoms with Gasteiger partial charge in [0, 0.05) is 17.8 Å². The molecule has 74 valence electrons. The number of nitrogen functional groups attached to an aromatic ring is 1. The highest BCUT2D eigenvalue weighted by Crippen LogP contribution is 2.26. The van der Waals surface area contributed by atoms with Crippen LogP contribution in [0.5, 0.6) is 0 Å². The maximum atomic E-state index is 11.2. The first-order valence-corrected chi connectivity index (χ1v) is 5.93. The summed E-state index contributed by atoms with van der Waals surface area (Å²) in [6, 6.07) is 1.74. The van der Waals surface area contributed by atoms with Crippen LogP contribution in [-0.2, 0) is 9.84 Å². The van der Waals surface area contributed by atoms with Crippen molar-refractivity contribution in [2.45, 2.75) is 6.42 Å². The predicted octanol–water partition coefficient (Wildman–Crippen LogP) is 0.823. The molecule has 0 bridgehead atoms. The molecule has 0 saturated heterocycles. The van der Waals surface area contributed by atoms with Crippen molar-refractivity contribution < 1.29 is 8.42 Å². The van der Waals surface area contributed by atoms with Gasteiger partial charge in [0.25, 0.3) is 0 Å². The highest BCUT2D eigenvalue weighted by molar-refractivity contribution is 7.94. The standard InChI is InChI=1S/C9H10N2O2S/c10-9-3-8(4-11-5-9)7-1-2-14(12,13)6-7/h3-6H,1-2,10H2. The monoisotopic (exact) mass is 210 g/mol. The van der Waals surface area contributed by atoms with E-state index in [1.54, 1.807) is 12.3 Å². The summed E-state index contributed by atoms with van der Waals surface area (Å²) in [6.45, 7) is 0. The third-order valence-electron chi connectivity index (χ3n) is 2.11. The first-order valence-electron chi connectivity index (χ1n) is 4.21. The molecule has 0 unspecified atom stereocenters. The molecule has 0 amide bonds. The number of anilines is 1. The van der Waals surface area contributed by atoms with E-state index in [0.717, 1.165) is 11.1 Å². The van der Waals surface area contributed by atoms with Crippen molar-refractivity contribution in [3.63, 3.8) is 0 Å². The van der Waals surface area contributed by atoms with Crippen molar-refractivity contribution in [1.82, 2.24) is 4.98 Å². The minimum atomic E-state index is -2.99. The molecule has 0 radical (unpaired) electrons. The molecule has 0 aliphatic carbocycles. The zero-order valence-corrected chi connectivity index (χ0v) is 8.29. The summed E-state index contributed by atoms with van der Waals surface area (Å²) in [7, 11) is -2.99. The minimum Gasteiger partial charge on any atom is -0.397 e. The fraction of sp³-hybridized carbons (Fsp3) is 0.222. The smallest absolute Gasteiger partial charge is 0.172 e. The average molecular weight is 210 g/mol. The van der Waals surface area contributed by atoms with Crippen LogP contribution in [0.2, 0.25) is 0 Å². The normalized spacial score (nSPS) is 19.3. The van der Waals surface area contributed by atoms with Crippen molar-refractivity contribution in [1.29, 1.82) is 0 Å². The van der Waals surface area contributed by atoms with Crippen molar-refractivity contribution in [2.75, 3.05) is 11.5 Å². The van der Waals surface area contributed by atoms with Crippen LogP contribution in [0.3, 0.4) is 0 Å². The van der Waals surface area contributed by atoms with E-state index in [0.29, 0.717) is 12.1 Å². The Morgan fingerprint density at radius 2 is 2.14 bits per heavy atom. The van der Waals surface area contributed by atoms with Crippen LogP contribution in [-0.4, -0.2) is 19.2 Å². The lowest BCUT2D eigenvalue weighted by Gasteiger charge is -2.00. The van der Waals surface area contributed by atoms with Crippen LogP contribution in [0.4, 0.5) is 5.69 Å². The van der Waals surface area contributed by atoms with E-state index < -0.39 is 9.84 Å². The number of pyridine rings is 1. The topological polar surface area (TPSA) is 73.0 Å². The summed E-state index contributed by atoms with van der Waals surface area (Å²) in [5.41, 5.74) is 7.70. The van der Waals surface area contributed by atoms with E-state index in [9.17, 15) is 8.42 Å². The molecule has 1 aromatic rings. The van der Waals surface area contributed by atoms with Gasteiger partial charge in [-0.25, -0.2) is 8.42 Å². The van der Waals surface area contributed by atoms with Crippen molar-refractivity contribution in [2.24, 2.45) is 0 Å². The van der Waals surface area contributed by atoms with E-state index in [-0.39, 0.29) is 5.75 Å². The number of sulfone groups is 1. The van der Waals surface area contributed by atoms with Gasteiger partial charge in [-0.05, 0) is 23.6 Å². The zero-order chi connectivity index (χ0) is 10.2. The van der Waals surface area contributed by atoms with Crippen LogP contribution in [0.15, 0.2) is 23.9 Å². The second-order valence-corrected chi connectivity index (χ2v) is 5.24. The maximum Gasteiger partial charge on any atom is 0.172 e. The average Bonchev–Trinajstić information content (AvgIpc) is 2.46. The van der Waals surface area contributed by atoms with E-state index in [4.69, 9.17) is 5.73 Å². The lowest BCUT2D eigenvalue weighted by molar-refractivity contribution is 0.606. The molecule has 0 aromatic carbocycles. The summed E-state index contributed by atoms with van der Waals surface area (Å²) in [6.07, 6.45) is 3.71. The summed E-state index contributed by atoms with van der Waals surface area (Å²) in [4.78, 5) is 3.92. The Balaban J connectivity index is 2.43. The number of aromatic nitrogens is 1. The number of hydrogen-bond donors (Lipinski definition) is 1. The highest BCUT2D eigenvalue weighted by Gasteiger charge is 2.19. The van der Waals surface area contributed by atoms with Crippen LogP contribution in [0.25, 0.3) is 5.57 Å². The van der Waals surface area contributed by atoms with Gasteiger partial charge in [0.1, 0.15) is 0 Å². The Hall–Kier alpha value is -1.36. The highest BCUT2D eigenvalue weighted by atomic mass is 32.2. The first kappa shape index (κ1) is 9.21. The van der Waals surface area contributed by atoms with E-state index >= 15 is 0 Å². The van der Waals surface area contributed by atoms with Crippen LogP contribution < -0.4 is 5.73 Å². The molecule has 1 aliphatic heterocycles. The molecule has 0 spiro atoms. The molecule has 1 aromatic heterocycles. The Labute approximate surface area is 82.4 Å². The summed E-state index contributed by atoms with van der Waals surface area (Å²) >= 11 is 0.